The maximum atomic E-state index is 13.6. The summed E-state index contributed by atoms with van der Waals surface area (Å²) in [5.74, 6) is 1.69. The standard InChI is InChI=1S/C26H26N2O3S/c1-3-31-26-17(8-6-11-22(26)30-2)25-24-20(27-18-9-4-5-10-19(18)28-25)14-16(15-21(24)29)23-12-7-13-32-23/h4-13,16,25,27-28H,3,14-15H2,1-2H3. The van der Waals surface area contributed by atoms with Gasteiger partial charge in [-0.25, -0.2) is 0 Å². The summed E-state index contributed by atoms with van der Waals surface area (Å²) < 4.78 is 11.6. The molecule has 0 saturated carbocycles. The molecule has 2 unspecified atom stereocenters. The number of fused-ring (bicyclic) bond motifs is 1. The fraction of sp³-hybridized carbons (Fsp3) is 0.269. The minimum atomic E-state index is -0.338. The fourth-order valence-electron chi connectivity index (χ4n) is 4.67. The van der Waals surface area contributed by atoms with Crippen molar-refractivity contribution in [1.29, 1.82) is 0 Å². The van der Waals surface area contributed by atoms with Crippen molar-refractivity contribution in [2.24, 2.45) is 0 Å². The van der Waals surface area contributed by atoms with Crippen LogP contribution in [0, 0.1) is 0 Å². The van der Waals surface area contributed by atoms with Gasteiger partial charge >= 0.3 is 0 Å². The van der Waals surface area contributed by atoms with Crippen molar-refractivity contribution in [3.8, 4) is 11.5 Å². The highest BCUT2D eigenvalue weighted by atomic mass is 32.1. The largest absolute Gasteiger partial charge is 0.493 e. The Morgan fingerprint density at radius 1 is 1.03 bits per heavy atom. The zero-order valence-electron chi connectivity index (χ0n) is 18.2. The van der Waals surface area contributed by atoms with Crippen LogP contribution in [0.3, 0.4) is 0 Å². The Labute approximate surface area is 192 Å². The monoisotopic (exact) mass is 446 g/mol. The van der Waals surface area contributed by atoms with Crippen LogP contribution >= 0.6 is 11.3 Å². The van der Waals surface area contributed by atoms with Gasteiger partial charge in [0.1, 0.15) is 0 Å². The van der Waals surface area contributed by atoms with Crippen LogP contribution in [0.5, 0.6) is 11.5 Å². The van der Waals surface area contributed by atoms with E-state index in [0.29, 0.717) is 24.5 Å². The topological polar surface area (TPSA) is 59.6 Å². The molecule has 2 N–H and O–H groups in total. The highest BCUT2D eigenvalue weighted by Gasteiger charge is 2.37. The van der Waals surface area contributed by atoms with E-state index in [-0.39, 0.29) is 17.7 Å². The third-order valence-corrected chi connectivity index (χ3v) is 7.12. The average Bonchev–Trinajstić information content (AvgIpc) is 3.29. The lowest BCUT2D eigenvalue weighted by atomic mass is 9.80. The number of hydrogen-bond acceptors (Lipinski definition) is 6. The Morgan fingerprint density at radius 2 is 1.88 bits per heavy atom. The van der Waals surface area contributed by atoms with Gasteiger partial charge in [-0.1, -0.05) is 30.3 Å². The van der Waals surface area contributed by atoms with E-state index in [1.54, 1.807) is 18.4 Å². The number of ketones is 1. The number of benzene rings is 2. The number of carbonyl (C=O) groups excluding carboxylic acids is 1. The molecule has 5 nitrogen and oxygen atoms in total. The molecular weight excluding hydrogens is 420 g/mol. The summed E-state index contributed by atoms with van der Waals surface area (Å²) in [6, 6.07) is 17.8. The van der Waals surface area contributed by atoms with Gasteiger partial charge < -0.3 is 20.1 Å². The molecule has 0 spiro atoms. The highest BCUT2D eigenvalue weighted by Crippen LogP contribution is 2.47. The summed E-state index contributed by atoms with van der Waals surface area (Å²) in [6.45, 7) is 2.46. The van der Waals surface area contributed by atoms with E-state index in [2.05, 4.69) is 28.1 Å². The lowest BCUT2D eigenvalue weighted by molar-refractivity contribution is -0.116. The van der Waals surface area contributed by atoms with Gasteiger partial charge in [0.2, 0.25) is 0 Å². The number of methoxy groups -OCH3 is 1. The molecule has 2 aliphatic rings. The van der Waals surface area contributed by atoms with Crippen molar-refractivity contribution in [2.45, 2.75) is 31.7 Å². The zero-order valence-corrected chi connectivity index (χ0v) is 19.0. The smallest absolute Gasteiger partial charge is 0.166 e. The second-order valence-corrected chi connectivity index (χ2v) is 8.97. The molecule has 1 aliphatic carbocycles. The number of carbonyl (C=O) groups is 1. The number of Topliss-reactive ketones (excluding diaryl/α,β-unsaturated/α-hetero) is 1. The second kappa shape index (κ2) is 8.71. The van der Waals surface area contributed by atoms with E-state index in [1.165, 1.54) is 4.88 Å². The van der Waals surface area contributed by atoms with Crippen molar-refractivity contribution < 1.29 is 14.3 Å². The van der Waals surface area contributed by atoms with Gasteiger partial charge in [-0.2, -0.15) is 0 Å². The van der Waals surface area contributed by atoms with E-state index in [4.69, 9.17) is 9.47 Å². The van der Waals surface area contributed by atoms with Crippen LogP contribution in [0.25, 0.3) is 0 Å². The van der Waals surface area contributed by atoms with Crippen molar-refractivity contribution in [1.82, 2.24) is 0 Å². The maximum absolute atomic E-state index is 13.6. The van der Waals surface area contributed by atoms with Gasteiger partial charge in [-0.3, -0.25) is 4.79 Å². The molecule has 0 fully saturated rings. The minimum Gasteiger partial charge on any atom is -0.493 e. The maximum Gasteiger partial charge on any atom is 0.166 e. The first-order valence-corrected chi connectivity index (χ1v) is 11.8. The molecule has 164 valence electrons. The van der Waals surface area contributed by atoms with Gasteiger partial charge in [0.05, 0.1) is 31.1 Å². The van der Waals surface area contributed by atoms with Crippen LogP contribution in [0.1, 0.15) is 42.2 Å². The van der Waals surface area contributed by atoms with E-state index in [1.807, 2.05) is 49.4 Å². The lowest BCUT2D eigenvalue weighted by Crippen LogP contribution is -2.27. The molecule has 2 atom stereocenters. The summed E-state index contributed by atoms with van der Waals surface area (Å²) in [6.07, 6.45) is 1.30. The Morgan fingerprint density at radius 3 is 2.62 bits per heavy atom. The molecule has 5 rings (SSSR count). The first kappa shape index (κ1) is 20.6. The predicted octanol–water partition coefficient (Wildman–Crippen LogP) is 6.13. The molecule has 32 heavy (non-hydrogen) atoms. The lowest BCUT2D eigenvalue weighted by Gasteiger charge is -2.30. The molecule has 0 saturated heterocycles. The van der Waals surface area contributed by atoms with Crippen molar-refractivity contribution in [3.63, 3.8) is 0 Å². The number of para-hydroxylation sites is 3. The van der Waals surface area contributed by atoms with Crippen molar-refractivity contribution in [3.05, 3.63) is 81.7 Å². The van der Waals surface area contributed by atoms with Crippen LogP contribution in [-0.2, 0) is 4.79 Å². The SMILES string of the molecule is CCOc1c(OC)cccc1C1Nc2ccccc2NC2=C1C(=O)CC(c1cccs1)C2. The third-order valence-electron chi connectivity index (χ3n) is 6.08. The summed E-state index contributed by atoms with van der Waals surface area (Å²) >= 11 is 1.72. The quantitative estimate of drug-likeness (QED) is 0.493. The molecule has 0 bridgehead atoms. The normalized spacial score (nSPS) is 19.9. The molecule has 2 heterocycles. The minimum absolute atomic E-state index is 0.160. The van der Waals surface area contributed by atoms with Gasteiger partial charge in [-0.05, 0) is 43.0 Å². The van der Waals surface area contributed by atoms with Crippen LogP contribution in [0.15, 0.2) is 71.2 Å². The molecule has 1 aromatic heterocycles. The van der Waals surface area contributed by atoms with Crippen LogP contribution in [-0.4, -0.2) is 19.5 Å². The number of thiophene rings is 1. The molecule has 2 aromatic carbocycles. The summed E-state index contributed by atoms with van der Waals surface area (Å²) in [5, 5.41) is 9.30. The van der Waals surface area contributed by atoms with Gasteiger partial charge in [-0.15, -0.1) is 11.3 Å². The number of hydrogen-bond donors (Lipinski definition) is 2. The van der Waals surface area contributed by atoms with Crippen LogP contribution in [0.4, 0.5) is 11.4 Å². The summed E-state index contributed by atoms with van der Waals surface area (Å²) in [5.41, 5.74) is 4.59. The predicted molar refractivity (Wildman–Crippen MR) is 129 cm³/mol. The Kier molecular flexibility index (Phi) is 5.62. The van der Waals surface area contributed by atoms with Crippen LogP contribution < -0.4 is 20.1 Å². The Bertz CT molecular complexity index is 1170. The highest BCUT2D eigenvalue weighted by molar-refractivity contribution is 7.10. The molecule has 0 amide bonds. The first-order valence-electron chi connectivity index (χ1n) is 10.9. The van der Waals surface area contributed by atoms with Crippen molar-refractivity contribution in [2.75, 3.05) is 24.4 Å². The van der Waals surface area contributed by atoms with E-state index < -0.39 is 0 Å². The van der Waals surface area contributed by atoms with Gasteiger partial charge in [0, 0.05) is 34.0 Å². The number of allylic oxidation sites excluding steroid dienone is 1. The number of rotatable bonds is 5. The molecular formula is C26H26N2O3S. The van der Waals surface area contributed by atoms with Gasteiger partial charge in [0.25, 0.3) is 0 Å². The number of ether oxygens (including phenoxy) is 2. The van der Waals surface area contributed by atoms with E-state index in [9.17, 15) is 4.79 Å². The number of anilines is 2. The average molecular weight is 447 g/mol. The molecule has 1 aliphatic heterocycles. The number of nitrogens with one attached hydrogen (secondary N) is 2. The third kappa shape index (κ3) is 3.65. The van der Waals surface area contributed by atoms with Crippen LogP contribution in [0.2, 0.25) is 0 Å². The second-order valence-electron chi connectivity index (χ2n) is 8.00. The Hall–Kier alpha value is -3.25. The van der Waals surface area contributed by atoms with E-state index >= 15 is 0 Å². The molecule has 0 radical (unpaired) electrons. The Balaban J connectivity index is 1.66. The first-order chi connectivity index (χ1) is 15.7. The molecule has 3 aromatic rings. The van der Waals surface area contributed by atoms with Gasteiger partial charge in [0.15, 0.2) is 17.3 Å². The fourth-order valence-corrected chi connectivity index (χ4v) is 5.50. The van der Waals surface area contributed by atoms with Crippen molar-refractivity contribution >= 4 is 28.5 Å². The molecule has 6 heteroatoms. The summed E-state index contributed by atoms with van der Waals surface area (Å²) in [7, 11) is 1.64. The van der Waals surface area contributed by atoms with E-state index in [0.717, 1.165) is 34.6 Å². The zero-order chi connectivity index (χ0) is 22.1. The summed E-state index contributed by atoms with van der Waals surface area (Å²) in [4.78, 5) is 14.9.